The monoisotopic (exact) mass is 515 g/mol. The zero-order valence-electron chi connectivity index (χ0n) is 18.6. The van der Waals surface area contributed by atoms with Crippen LogP contribution in [-0.4, -0.2) is 78.0 Å². The fraction of sp³-hybridized carbons (Fsp3) is 0.381. The van der Waals surface area contributed by atoms with Crippen molar-refractivity contribution in [1.29, 1.82) is 0 Å². The molecule has 0 saturated carbocycles. The van der Waals surface area contributed by atoms with Crippen molar-refractivity contribution in [2.75, 3.05) is 50.4 Å². The maximum absolute atomic E-state index is 13.0. The zero-order valence-corrected chi connectivity index (χ0v) is 21.0. The molecule has 1 aliphatic rings. The Bertz CT molecular complexity index is 1230. The third-order valence-electron chi connectivity index (χ3n) is 5.34. The first kappa shape index (κ1) is 25.3. The predicted octanol–water partition coefficient (Wildman–Crippen LogP) is 1.96. The molecule has 3 rings (SSSR count). The molecule has 0 spiro atoms. The van der Waals surface area contributed by atoms with E-state index in [4.69, 9.17) is 16.3 Å². The fourth-order valence-corrected chi connectivity index (χ4v) is 5.93. The van der Waals surface area contributed by atoms with Gasteiger partial charge in [0.25, 0.3) is 0 Å². The van der Waals surface area contributed by atoms with E-state index in [0.29, 0.717) is 5.02 Å². The van der Waals surface area contributed by atoms with Crippen molar-refractivity contribution in [3.63, 3.8) is 0 Å². The summed E-state index contributed by atoms with van der Waals surface area (Å²) in [7, 11) is -6.12. The van der Waals surface area contributed by atoms with Crippen LogP contribution in [-0.2, 0) is 24.8 Å². The summed E-state index contributed by atoms with van der Waals surface area (Å²) in [5.41, 5.74) is 1.11. The van der Waals surface area contributed by atoms with Crippen molar-refractivity contribution in [1.82, 2.24) is 9.21 Å². The highest BCUT2D eigenvalue weighted by molar-refractivity contribution is 7.92. The van der Waals surface area contributed by atoms with Gasteiger partial charge in [-0.3, -0.25) is 9.10 Å². The summed E-state index contributed by atoms with van der Waals surface area (Å²) in [4.78, 5) is 14.6. The molecule has 1 aliphatic heterocycles. The molecule has 2 aromatic rings. The first-order valence-electron chi connectivity index (χ1n) is 10.1. The lowest BCUT2D eigenvalue weighted by Crippen LogP contribution is -2.53. The second-order valence-electron chi connectivity index (χ2n) is 7.68. The quantitative estimate of drug-likeness (QED) is 0.558. The number of anilines is 1. The lowest BCUT2D eigenvalue weighted by atomic mass is 10.2. The van der Waals surface area contributed by atoms with Crippen LogP contribution in [0.1, 0.15) is 5.56 Å². The summed E-state index contributed by atoms with van der Waals surface area (Å²) < 4.78 is 58.2. The van der Waals surface area contributed by atoms with Crippen molar-refractivity contribution in [3.05, 3.63) is 53.1 Å². The van der Waals surface area contributed by atoms with Gasteiger partial charge in [0, 0.05) is 31.2 Å². The highest BCUT2D eigenvalue weighted by Gasteiger charge is 2.32. The van der Waals surface area contributed by atoms with Crippen molar-refractivity contribution in [2.24, 2.45) is 0 Å². The van der Waals surface area contributed by atoms with Crippen LogP contribution in [0, 0.1) is 6.92 Å². The van der Waals surface area contributed by atoms with Crippen LogP contribution in [0.4, 0.5) is 5.69 Å². The number of ether oxygens (including phenoxy) is 1. The predicted molar refractivity (Wildman–Crippen MR) is 127 cm³/mol. The summed E-state index contributed by atoms with van der Waals surface area (Å²) in [5, 5.41) is 0.293. The van der Waals surface area contributed by atoms with E-state index < -0.39 is 32.5 Å². The number of benzene rings is 2. The Morgan fingerprint density at radius 3 is 2.18 bits per heavy atom. The number of carbonyl (C=O) groups is 1. The summed E-state index contributed by atoms with van der Waals surface area (Å²) in [6, 6.07) is 11.1. The van der Waals surface area contributed by atoms with Gasteiger partial charge in [0.15, 0.2) is 0 Å². The Morgan fingerprint density at radius 1 is 1.03 bits per heavy atom. The van der Waals surface area contributed by atoms with Crippen molar-refractivity contribution in [2.45, 2.75) is 11.8 Å². The Labute approximate surface area is 199 Å². The second kappa shape index (κ2) is 9.88. The molecule has 0 atom stereocenters. The summed E-state index contributed by atoms with van der Waals surface area (Å²) in [5.74, 6) is -0.193. The molecule has 180 valence electrons. The summed E-state index contributed by atoms with van der Waals surface area (Å²) in [6.07, 6.45) is 0.993. The number of hydrogen-bond acceptors (Lipinski definition) is 6. The van der Waals surface area contributed by atoms with Crippen molar-refractivity contribution in [3.8, 4) is 5.75 Å². The van der Waals surface area contributed by atoms with Crippen LogP contribution in [0.5, 0.6) is 5.75 Å². The minimum atomic E-state index is -3.83. The maximum atomic E-state index is 13.0. The standard InChI is InChI=1S/C21H26ClN3O6S2/c1-16-4-7-18(8-5-16)33(29,30)24-12-10-23(11-13-24)21(26)15-25(32(3,27)28)19-14-17(22)6-9-20(19)31-2/h4-9,14H,10-13,15H2,1-3H3. The number of carbonyl (C=O) groups excluding carboxylic acids is 1. The van der Waals surface area contributed by atoms with E-state index in [1.807, 2.05) is 6.92 Å². The van der Waals surface area contributed by atoms with E-state index in [1.54, 1.807) is 30.3 Å². The summed E-state index contributed by atoms with van der Waals surface area (Å²) >= 11 is 6.04. The highest BCUT2D eigenvalue weighted by atomic mass is 35.5. The van der Waals surface area contributed by atoms with Gasteiger partial charge in [-0.25, -0.2) is 16.8 Å². The molecule has 1 amide bonds. The minimum absolute atomic E-state index is 0.112. The van der Waals surface area contributed by atoms with E-state index >= 15 is 0 Å². The molecule has 1 fully saturated rings. The third kappa shape index (κ3) is 5.78. The molecule has 1 saturated heterocycles. The molecular formula is C21H26ClN3O6S2. The number of methoxy groups -OCH3 is 1. The van der Waals surface area contributed by atoms with Gasteiger partial charge in [-0.15, -0.1) is 0 Å². The Balaban J connectivity index is 1.73. The van der Waals surface area contributed by atoms with Gasteiger partial charge < -0.3 is 9.64 Å². The van der Waals surface area contributed by atoms with E-state index in [2.05, 4.69) is 0 Å². The largest absolute Gasteiger partial charge is 0.495 e. The number of amides is 1. The zero-order chi connectivity index (χ0) is 24.4. The summed E-state index contributed by atoms with van der Waals surface area (Å²) in [6.45, 7) is 1.94. The number of piperazine rings is 1. The van der Waals surface area contributed by atoms with E-state index in [9.17, 15) is 21.6 Å². The third-order valence-corrected chi connectivity index (χ3v) is 8.61. The Hall–Kier alpha value is -2.34. The fourth-order valence-electron chi connectivity index (χ4n) is 3.50. The van der Waals surface area contributed by atoms with Crippen molar-refractivity contribution < 1.29 is 26.4 Å². The lowest BCUT2D eigenvalue weighted by Gasteiger charge is -2.35. The molecule has 12 heteroatoms. The molecule has 1 heterocycles. The molecular weight excluding hydrogens is 490 g/mol. The van der Waals surface area contributed by atoms with Crippen LogP contribution in [0.2, 0.25) is 5.02 Å². The maximum Gasteiger partial charge on any atom is 0.243 e. The van der Waals surface area contributed by atoms with Gasteiger partial charge in [-0.05, 0) is 37.3 Å². The number of hydrogen-bond donors (Lipinski definition) is 0. The van der Waals surface area contributed by atoms with Gasteiger partial charge in [0.1, 0.15) is 12.3 Å². The first-order valence-corrected chi connectivity index (χ1v) is 13.8. The van der Waals surface area contributed by atoms with Gasteiger partial charge in [-0.1, -0.05) is 29.3 Å². The number of aryl methyl sites for hydroxylation is 1. The molecule has 0 aromatic heterocycles. The van der Waals surface area contributed by atoms with Crippen LogP contribution < -0.4 is 9.04 Å². The van der Waals surface area contributed by atoms with E-state index in [1.165, 1.54) is 28.4 Å². The topological polar surface area (TPSA) is 104 Å². The molecule has 9 nitrogen and oxygen atoms in total. The molecule has 2 aromatic carbocycles. The van der Waals surface area contributed by atoms with Crippen LogP contribution in [0.3, 0.4) is 0 Å². The Morgan fingerprint density at radius 2 is 1.64 bits per heavy atom. The van der Waals surface area contributed by atoms with Crippen LogP contribution in [0.25, 0.3) is 0 Å². The van der Waals surface area contributed by atoms with Gasteiger partial charge in [0.05, 0.1) is 23.9 Å². The van der Waals surface area contributed by atoms with E-state index in [0.717, 1.165) is 16.1 Å². The SMILES string of the molecule is COc1ccc(Cl)cc1N(CC(=O)N1CCN(S(=O)(=O)c2ccc(C)cc2)CC1)S(C)(=O)=O. The van der Waals surface area contributed by atoms with Gasteiger partial charge in [-0.2, -0.15) is 4.31 Å². The van der Waals surface area contributed by atoms with Gasteiger partial charge in [0.2, 0.25) is 26.0 Å². The second-order valence-corrected chi connectivity index (χ2v) is 12.0. The normalized spacial score (nSPS) is 15.3. The average molecular weight is 516 g/mol. The van der Waals surface area contributed by atoms with Gasteiger partial charge >= 0.3 is 0 Å². The smallest absolute Gasteiger partial charge is 0.243 e. The molecule has 0 unspecified atom stereocenters. The molecule has 33 heavy (non-hydrogen) atoms. The number of sulfonamides is 2. The van der Waals surface area contributed by atoms with Crippen LogP contribution >= 0.6 is 11.6 Å². The molecule has 0 aliphatic carbocycles. The number of halogens is 1. The Kier molecular flexibility index (Phi) is 7.57. The number of rotatable bonds is 7. The van der Waals surface area contributed by atoms with E-state index in [-0.39, 0.29) is 42.5 Å². The average Bonchev–Trinajstić information content (AvgIpc) is 2.77. The molecule has 0 radical (unpaired) electrons. The highest BCUT2D eigenvalue weighted by Crippen LogP contribution is 2.32. The van der Waals surface area contributed by atoms with Crippen molar-refractivity contribution >= 4 is 43.2 Å². The lowest BCUT2D eigenvalue weighted by molar-refractivity contribution is -0.130. The first-order chi connectivity index (χ1) is 15.4. The number of nitrogens with zero attached hydrogens (tertiary/aromatic N) is 3. The minimum Gasteiger partial charge on any atom is -0.495 e. The van der Waals surface area contributed by atoms with Crippen LogP contribution in [0.15, 0.2) is 47.4 Å². The molecule has 0 bridgehead atoms. The molecule has 0 N–H and O–H groups in total.